The van der Waals surface area contributed by atoms with Gasteiger partial charge in [0.05, 0.1) is 0 Å². The summed E-state index contributed by atoms with van der Waals surface area (Å²) in [5.41, 5.74) is 2.49. The minimum absolute atomic E-state index is 1.19. The van der Waals surface area contributed by atoms with Crippen molar-refractivity contribution >= 4 is 22.6 Å². The first kappa shape index (κ1) is 8.69. The maximum atomic E-state index is 4.06. The monoisotopic (exact) mass is 281 g/mol. The maximum absolute atomic E-state index is 4.06. The van der Waals surface area contributed by atoms with E-state index in [4.69, 9.17) is 0 Å². The van der Waals surface area contributed by atoms with Crippen LogP contribution in [0.25, 0.3) is 11.1 Å². The van der Waals surface area contributed by atoms with E-state index in [1.165, 1.54) is 14.7 Å². The summed E-state index contributed by atoms with van der Waals surface area (Å²) >= 11 is 2.30. The van der Waals surface area contributed by atoms with Crippen molar-refractivity contribution in [2.75, 3.05) is 0 Å². The normalized spacial score (nSPS) is 9.92. The Labute approximate surface area is 91.0 Å². The average Bonchev–Trinajstić information content (AvgIpc) is 2.20. The van der Waals surface area contributed by atoms with Crippen molar-refractivity contribution in [2.24, 2.45) is 0 Å². The van der Waals surface area contributed by atoms with Crippen LogP contribution >= 0.6 is 22.6 Å². The molecule has 0 N–H and O–H groups in total. The van der Waals surface area contributed by atoms with Crippen LogP contribution in [0, 0.1) is 3.57 Å². The van der Waals surface area contributed by atoms with Gasteiger partial charge in [-0.25, -0.2) is 0 Å². The number of hydrogen-bond donors (Lipinski definition) is 0. The van der Waals surface area contributed by atoms with Crippen LogP contribution in [-0.2, 0) is 0 Å². The Morgan fingerprint density at radius 1 is 1.00 bits per heavy atom. The highest BCUT2D eigenvalue weighted by Gasteiger charge is 1.99. The predicted molar refractivity (Wildman–Crippen MR) is 62.4 cm³/mol. The van der Waals surface area contributed by atoms with Gasteiger partial charge in [-0.15, -0.1) is 0 Å². The lowest BCUT2D eigenvalue weighted by Crippen LogP contribution is -1.82. The molecule has 0 aliphatic heterocycles. The lowest BCUT2D eigenvalue weighted by atomic mass is 10.1. The Morgan fingerprint density at radius 2 is 1.77 bits per heavy atom. The Hall–Kier alpha value is -0.900. The molecule has 0 unspecified atom stereocenters. The summed E-state index contributed by atoms with van der Waals surface area (Å²) in [6.45, 7) is 0. The molecule has 0 aliphatic rings. The fraction of sp³-hybridized carbons (Fsp3) is 0. The zero-order valence-corrected chi connectivity index (χ0v) is 9.10. The summed E-state index contributed by atoms with van der Waals surface area (Å²) in [5.74, 6) is 0. The Morgan fingerprint density at radius 3 is 2.46 bits per heavy atom. The van der Waals surface area contributed by atoms with E-state index in [2.05, 4.69) is 39.7 Å². The molecule has 0 aliphatic carbocycles. The van der Waals surface area contributed by atoms with Crippen LogP contribution < -0.4 is 0 Å². The van der Waals surface area contributed by atoms with E-state index in [1.54, 1.807) is 0 Å². The average molecular weight is 281 g/mol. The standard InChI is InChI=1S/C11H8IN/c12-11-8-13-7-6-10(11)9-4-2-1-3-5-9/h1-8H. The number of nitrogens with zero attached hydrogens (tertiary/aromatic N) is 1. The number of hydrogen-bond acceptors (Lipinski definition) is 1. The second kappa shape index (κ2) is 3.87. The maximum Gasteiger partial charge on any atom is 0.0407 e. The van der Waals surface area contributed by atoms with Crippen molar-refractivity contribution in [3.8, 4) is 11.1 Å². The van der Waals surface area contributed by atoms with E-state index >= 15 is 0 Å². The highest BCUT2D eigenvalue weighted by atomic mass is 127. The predicted octanol–water partition coefficient (Wildman–Crippen LogP) is 3.35. The third-order valence-electron chi connectivity index (χ3n) is 1.86. The number of aromatic nitrogens is 1. The number of pyridine rings is 1. The van der Waals surface area contributed by atoms with Gasteiger partial charge in [0.25, 0.3) is 0 Å². The molecule has 1 aromatic heterocycles. The zero-order chi connectivity index (χ0) is 9.10. The van der Waals surface area contributed by atoms with Crippen molar-refractivity contribution in [3.05, 3.63) is 52.4 Å². The van der Waals surface area contributed by atoms with Gasteiger partial charge in [-0.2, -0.15) is 0 Å². The Kier molecular flexibility index (Phi) is 2.59. The molecule has 0 saturated heterocycles. The fourth-order valence-electron chi connectivity index (χ4n) is 1.23. The molecule has 13 heavy (non-hydrogen) atoms. The summed E-state index contributed by atoms with van der Waals surface area (Å²) in [7, 11) is 0. The van der Waals surface area contributed by atoms with Gasteiger partial charge in [0.2, 0.25) is 0 Å². The van der Waals surface area contributed by atoms with Crippen molar-refractivity contribution in [1.82, 2.24) is 4.98 Å². The largest absolute Gasteiger partial charge is 0.264 e. The molecular weight excluding hydrogens is 273 g/mol. The Balaban J connectivity index is 2.54. The summed E-state index contributed by atoms with van der Waals surface area (Å²) in [4.78, 5) is 4.06. The van der Waals surface area contributed by atoms with Gasteiger partial charge in [0, 0.05) is 16.0 Å². The molecule has 2 aromatic rings. The van der Waals surface area contributed by atoms with Crippen LogP contribution in [0.2, 0.25) is 0 Å². The van der Waals surface area contributed by atoms with E-state index in [9.17, 15) is 0 Å². The fourth-order valence-corrected chi connectivity index (χ4v) is 1.88. The second-order valence-electron chi connectivity index (χ2n) is 2.72. The van der Waals surface area contributed by atoms with Crippen LogP contribution in [0.1, 0.15) is 0 Å². The third-order valence-corrected chi connectivity index (χ3v) is 2.72. The SMILES string of the molecule is Ic1cnccc1-c1ccccc1. The van der Waals surface area contributed by atoms with E-state index in [-0.39, 0.29) is 0 Å². The molecule has 0 radical (unpaired) electrons. The molecule has 1 heterocycles. The summed E-state index contributed by atoms with van der Waals surface area (Å²) in [5, 5.41) is 0. The summed E-state index contributed by atoms with van der Waals surface area (Å²) in [6.07, 6.45) is 3.70. The smallest absolute Gasteiger partial charge is 0.0407 e. The molecule has 1 nitrogen and oxygen atoms in total. The van der Waals surface area contributed by atoms with Gasteiger partial charge in [-0.05, 0) is 39.8 Å². The van der Waals surface area contributed by atoms with E-state index in [0.29, 0.717) is 0 Å². The number of halogens is 1. The molecule has 1 aromatic carbocycles. The van der Waals surface area contributed by atoms with Crippen molar-refractivity contribution < 1.29 is 0 Å². The highest BCUT2D eigenvalue weighted by molar-refractivity contribution is 14.1. The van der Waals surface area contributed by atoms with Gasteiger partial charge in [-0.1, -0.05) is 30.3 Å². The second-order valence-corrected chi connectivity index (χ2v) is 3.88. The molecule has 0 fully saturated rings. The molecule has 2 heteroatoms. The number of benzene rings is 1. The first-order valence-corrected chi connectivity index (χ1v) is 5.11. The minimum atomic E-state index is 1.19. The molecule has 0 atom stereocenters. The van der Waals surface area contributed by atoms with Crippen molar-refractivity contribution in [3.63, 3.8) is 0 Å². The van der Waals surface area contributed by atoms with Crippen LogP contribution in [0.15, 0.2) is 48.8 Å². The molecule has 0 saturated carbocycles. The van der Waals surface area contributed by atoms with Crippen LogP contribution in [-0.4, -0.2) is 4.98 Å². The van der Waals surface area contributed by atoms with E-state index in [0.717, 1.165) is 0 Å². The Bertz CT molecular complexity index is 398. The lowest BCUT2D eigenvalue weighted by molar-refractivity contribution is 1.31. The third kappa shape index (κ3) is 1.88. The minimum Gasteiger partial charge on any atom is -0.264 e. The topological polar surface area (TPSA) is 12.9 Å². The molecular formula is C11H8IN. The van der Waals surface area contributed by atoms with Gasteiger partial charge >= 0.3 is 0 Å². The van der Waals surface area contributed by atoms with Gasteiger partial charge in [-0.3, -0.25) is 4.98 Å². The van der Waals surface area contributed by atoms with E-state index in [1.807, 2.05) is 36.7 Å². The first-order chi connectivity index (χ1) is 6.38. The number of rotatable bonds is 1. The van der Waals surface area contributed by atoms with Gasteiger partial charge < -0.3 is 0 Å². The summed E-state index contributed by atoms with van der Waals surface area (Å²) in [6, 6.07) is 12.4. The van der Waals surface area contributed by atoms with Crippen LogP contribution in [0.4, 0.5) is 0 Å². The quantitative estimate of drug-likeness (QED) is 0.730. The molecule has 0 spiro atoms. The van der Waals surface area contributed by atoms with Crippen molar-refractivity contribution in [2.45, 2.75) is 0 Å². The van der Waals surface area contributed by atoms with Gasteiger partial charge in [0.15, 0.2) is 0 Å². The van der Waals surface area contributed by atoms with Crippen LogP contribution in [0.5, 0.6) is 0 Å². The molecule has 0 bridgehead atoms. The van der Waals surface area contributed by atoms with Gasteiger partial charge in [0.1, 0.15) is 0 Å². The van der Waals surface area contributed by atoms with Crippen LogP contribution in [0.3, 0.4) is 0 Å². The summed E-state index contributed by atoms with van der Waals surface area (Å²) < 4.78 is 1.19. The zero-order valence-electron chi connectivity index (χ0n) is 6.94. The van der Waals surface area contributed by atoms with E-state index < -0.39 is 0 Å². The molecule has 2 rings (SSSR count). The highest BCUT2D eigenvalue weighted by Crippen LogP contribution is 2.23. The molecule has 0 amide bonds. The molecule has 64 valence electrons. The lowest BCUT2D eigenvalue weighted by Gasteiger charge is -2.02. The first-order valence-electron chi connectivity index (χ1n) is 4.03. The van der Waals surface area contributed by atoms with Crippen molar-refractivity contribution in [1.29, 1.82) is 0 Å².